The number of carbonyl (C=O) groups excluding carboxylic acids is 2. The third kappa shape index (κ3) is 3.80. The predicted octanol–water partition coefficient (Wildman–Crippen LogP) is -0.0225. The molecule has 0 aliphatic heterocycles. The van der Waals surface area contributed by atoms with Gasteiger partial charge >= 0.3 is 0 Å². The van der Waals surface area contributed by atoms with Crippen molar-refractivity contribution in [1.29, 1.82) is 0 Å². The molecular weight excluding hydrogens is 198 g/mol. The van der Waals surface area contributed by atoms with Gasteiger partial charge in [-0.15, -0.1) is 0 Å². The van der Waals surface area contributed by atoms with Crippen LogP contribution in [0, 0.1) is 0 Å². The maximum absolute atomic E-state index is 11.1. The molecule has 0 aliphatic carbocycles. The van der Waals surface area contributed by atoms with Gasteiger partial charge < -0.3 is 15.0 Å². The first-order valence-corrected chi connectivity index (χ1v) is 4.62. The molecule has 1 amide bonds. The summed E-state index contributed by atoms with van der Waals surface area (Å²) in [4.78, 5) is 28.0. The van der Waals surface area contributed by atoms with E-state index in [2.05, 4.69) is 15.3 Å². The number of carbonyl (C=O) groups is 2. The molecule has 1 rings (SSSR count). The fourth-order valence-corrected chi connectivity index (χ4v) is 1.08. The van der Waals surface area contributed by atoms with Crippen molar-refractivity contribution >= 4 is 12.4 Å². The van der Waals surface area contributed by atoms with Gasteiger partial charge in [0.1, 0.15) is 0 Å². The number of hydrogen-bond acceptors (Lipinski definition) is 4. The number of ether oxygens (including phenoxy) is 1. The van der Waals surface area contributed by atoms with E-state index >= 15 is 0 Å². The van der Waals surface area contributed by atoms with Crippen LogP contribution < -0.4 is 5.32 Å². The first-order valence-electron chi connectivity index (χ1n) is 4.62. The zero-order chi connectivity index (χ0) is 11.1. The lowest BCUT2D eigenvalue weighted by molar-refractivity contribution is -0.138. The molecule has 1 atom stereocenters. The SMILES string of the molecule is CCC(=O)NC(Cc1cnc[nH]1)OC=O. The standard InChI is InChI=1S/C9H13N3O3/c1-2-8(14)12-9(15-6-13)3-7-4-10-5-11-7/h4-6,9H,2-3H2,1H3,(H,10,11)(H,12,14). The van der Waals surface area contributed by atoms with Gasteiger partial charge in [0.25, 0.3) is 6.47 Å². The topological polar surface area (TPSA) is 84.1 Å². The van der Waals surface area contributed by atoms with Crippen molar-refractivity contribution in [2.45, 2.75) is 26.0 Å². The Labute approximate surface area is 87.0 Å². The van der Waals surface area contributed by atoms with Crippen molar-refractivity contribution < 1.29 is 14.3 Å². The Hall–Kier alpha value is -1.85. The molecule has 1 aromatic rings. The van der Waals surface area contributed by atoms with Crippen LogP contribution in [-0.2, 0) is 20.7 Å². The second-order valence-corrected chi connectivity index (χ2v) is 2.92. The molecule has 1 unspecified atom stereocenters. The summed E-state index contributed by atoms with van der Waals surface area (Å²) in [5.74, 6) is -0.165. The summed E-state index contributed by atoms with van der Waals surface area (Å²) >= 11 is 0. The largest absolute Gasteiger partial charge is 0.443 e. The van der Waals surface area contributed by atoms with Crippen LogP contribution in [0.25, 0.3) is 0 Å². The second kappa shape index (κ2) is 5.79. The highest BCUT2D eigenvalue weighted by Crippen LogP contribution is 1.99. The van der Waals surface area contributed by atoms with Gasteiger partial charge in [0, 0.05) is 24.7 Å². The van der Waals surface area contributed by atoms with E-state index in [9.17, 15) is 9.59 Å². The van der Waals surface area contributed by atoms with Crippen molar-refractivity contribution in [2.75, 3.05) is 0 Å². The average molecular weight is 211 g/mol. The van der Waals surface area contributed by atoms with Gasteiger partial charge in [-0.25, -0.2) is 4.98 Å². The maximum Gasteiger partial charge on any atom is 0.295 e. The van der Waals surface area contributed by atoms with E-state index in [4.69, 9.17) is 4.74 Å². The molecule has 0 saturated carbocycles. The minimum atomic E-state index is -0.643. The summed E-state index contributed by atoms with van der Waals surface area (Å²) in [6, 6.07) is 0. The number of nitrogens with one attached hydrogen (secondary N) is 2. The molecule has 6 nitrogen and oxygen atoms in total. The molecule has 15 heavy (non-hydrogen) atoms. The van der Waals surface area contributed by atoms with Crippen LogP contribution in [0.1, 0.15) is 19.0 Å². The zero-order valence-corrected chi connectivity index (χ0v) is 8.40. The summed E-state index contributed by atoms with van der Waals surface area (Å²) in [5.41, 5.74) is 0.790. The molecule has 1 heterocycles. The summed E-state index contributed by atoms with van der Waals surface area (Å²) in [6.45, 7) is 2.04. The zero-order valence-electron chi connectivity index (χ0n) is 8.40. The number of rotatable bonds is 6. The van der Waals surface area contributed by atoms with E-state index in [0.29, 0.717) is 19.3 Å². The molecule has 2 N–H and O–H groups in total. The quantitative estimate of drug-likeness (QED) is 0.511. The first kappa shape index (κ1) is 11.2. The summed E-state index contributed by atoms with van der Waals surface area (Å²) in [5, 5.41) is 2.57. The van der Waals surface area contributed by atoms with Gasteiger partial charge in [-0.3, -0.25) is 9.59 Å². The number of aromatic amines is 1. The van der Waals surface area contributed by atoms with E-state index in [0.717, 1.165) is 5.69 Å². The average Bonchev–Trinajstić information content (AvgIpc) is 2.70. The monoisotopic (exact) mass is 211 g/mol. The van der Waals surface area contributed by atoms with Crippen LogP contribution in [0.2, 0.25) is 0 Å². The van der Waals surface area contributed by atoms with Gasteiger partial charge in [-0.2, -0.15) is 0 Å². The van der Waals surface area contributed by atoms with Crippen LogP contribution in [0.5, 0.6) is 0 Å². The lowest BCUT2D eigenvalue weighted by Crippen LogP contribution is -2.38. The van der Waals surface area contributed by atoms with Gasteiger partial charge in [0.2, 0.25) is 5.91 Å². The molecule has 0 bridgehead atoms. The van der Waals surface area contributed by atoms with Crippen LogP contribution in [0.15, 0.2) is 12.5 Å². The van der Waals surface area contributed by atoms with Gasteiger partial charge in [-0.1, -0.05) is 6.92 Å². The van der Waals surface area contributed by atoms with E-state index in [1.165, 1.54) is 6.33 Å². The van der Waals surface area contributed by atoms with Crippen molar-refractivity contribution in [3.8, 4) is 0 Å². The van der Waals surface area contributed by atoms with Crippen molar-refractivity contribution in [2.24, 2.45) is 0 Å². The van der Waals surface area contributed by atoms with E-state index in [1.54, 1.807) is 13.1 Å². The molecule has 0 radical (unpaired) electrons. The number of amides is 1. The van der Waals surface area contributed by atoms with E-state index < -0.39 is 6.23 Å². The molecule has 0 saturated heterocycles. The van der Waals surface area contributed by atoms with E-state index in [-0.39, 0.29) is 5.91 Å². The molecule has 82 valence electrons. The highest BCUT2D eigenvalue weighted by molar-refractivity contribution is 5.75. The first-order chi connectivity index (χ1) is 7.26. The number of H-pyrrole nitrogens is 1. The number of hydrogen-bond donors (Lipinski definition) is 2. The third-order valence-corrected chi connectivity index (χ3v) is 1.82. The molecule has 6 heteroatoms. The van der Waals surface area contributed by atoms with Crippen molar-refractivity contribution in [1.82, 2.24) is 15.3 Å². The third-order valence-electron chi connectivity index (χ3n) is 1.82. The normalized spacial score (nSPS) is 11.8. The lowest BCUT2D eigenvalue weighted by atomic mass is 10.3. The highest BCUT2D eigenvalue weighted by atomic mass is 16.5. The van der Waals surface area contributed by atoms with Crippen molar-refractivity contribution in [3.63, 3.8) is 0 Å². The fraction of sp³-hybridized carbons (Fsp3) is 0.444. The Morgan fingerprint density at radius 1 is 1.80 bits per heavy atom. The Morgan fingerprint density at radius 3 is 3.13 bits per heavy atom. The molecule has 0 aromatic carbocycles. The van der Waals surface area contributed by atoms with Crippen LogP contribution in [-0.4, -0.2) is 28.6 Å². The smallest absolute Gasteiger partial charge is 0.295 e. The van der Waals surface area contributed by atoms with Crippen LogP contribution in [0.3, 0.4) is 0 Å². The summed E-state index contributed by atoms with van der Waals surface area (Å²) in [7, 11) is 0. The minimum absolute atomic E-state index is 0.165. The van der Waals surface area contributed by atoms with Gasteiger partial charge in [-0.05, 0) is 0 Å². The van der Waals surface area contributed by atoms with Crippen molar-refractivity contribution in [3.05, 3.63) is 18.2 Å². The lowest BCUT2D eigenvalue weighted by Gasteiger charge is -2.15. The number of nitrogens with zero attached hydrogens (tertiary/aromatic N) is 1. The fourth-order valence-electron chi connectivity index (χ4n) is 1.08. The van der Waals surface area contributed by atoms with E-state index in [1.807, 2.05) is 0 Å². The maximum atomic E-state index is 11.1. The minimum Gasteiger partial charge on any atom is -0.443 e. The number of aromatic nitrogens is 2. The Bertz CT molecular complexity index is 310. The molecule has 1 aromatic heterocycles. The predicted molar refractivity (Wildman–Crippen MR) is 51.7 cm³/mol. The Morgan fingerprint density at radius 2 is 2.60 bits per heavy atom. The Kier molecular flexibility index (Phi) is 4.33. The van der Waals surface area contributed by atoms with Crippen LogP contribution >= 0.6 is 0 Å². The molecule has 0 aliphatic rings. The van der Waals surface area contributed by atoms with Crippen LogP contribution in [0.4, 0.5) is 0 Å². The summed E-state index contributed by atoms with van der Waals surface area (Å²) < 4.78 is 4.73. The second-order valence-electron chi connectivity index (χ2n) is 2.92. The molecular formula is C9H13N3O3. The highest BCUT2D eigenvalue weighted by Gasteiger charge is 2.13. The number of imidazole rings is 1. The van der Waals surface area contributed by atoms with Gasteiger partial charge in [0.05, 0.1) is 6.33 Å². The summed E-state index contributed by atoms with van der Waals surface area (Å²) in [6.07, 6.45) is 3.22. The molecule has 0 spiro atoms. The Balaban J connectivity index is 2.50. The van der Waals surface area contributed by atoms with Gasteiger partial charge in [0.15, 0.2) is 6.23 Å². The molecule has 0 fully saturated rings.